The Kier molecular flexibility index (Phi) is 4.62. The predicted molar refractivity (Wildman–Crippen MR) is 62.8 cm³/mol. The molecule has 0 saturated heterocycles. The molecule has 0 fully saturated rings. The van der Waals surface area contributed by atoms with Crippen molar-refractivity contribution in [3.8, 4) is 0 Å². The van der Waals surface area contributed by atoms with Crippen LogP contribution in [0.5, 0.6) is 0 Å². The van der Waals surface area contributed by atoms with E-state index in [0.717, 1.165) is 6.42 Å². The van der Waals surface area contributed by atoms with Gasteiger partial charge < -0.3 is 9.32 Å². The molecule has 0 saturated carbocycles. The van der Waals surface area contributed by atoms with Crippen molar-refractivity contribution >= 4 is 21.8 Å². The van der Waals surface area contributed by atoms with Crippen molar-refractivity contribution in [2.45, 2.75) is 13.3 Å². The van der Waals surface area contributed by atoms with E-state index in [1.807, 2.05) is 6.92 Å². The molecule has 0 N–H and O–H groups in total. The number of hydrogen-bond acceptors (Lipinski definition) is 2. The fourth-order valence-electron chi connectivity index (χ4n) is 1.29. The van der Waals surface area contributed by atoms with Gasteiger partial charge in [-0.15, -0.1) is 6.58 Å². The van der Waals surface area contributed by atoms with E-state index >= 15 is 0 Å². The fraction of sp³-hybridized carbons (Fsp3) is 0.364. The molecule has 1 aromatic heterocycles. The Bertz CT molecular complexity index is 346. The Labute approximate surface area is 97.9 Å². The molecular formula is C11H14BrNO2. The van der Waals surface area contributed by atoms with Crippen molar-refractivity contribution in [2.24, 2.45) is 0 Å². The summed E-state index contributed by atoms with van der Waals surface area (Å²) in [5, 5.41) is 0. The quantitative estimate of drug-likeness (QED) is 0.772. The summed E-state index contributed by atoms with van der Waals surface area (Å²) in [6.45, 7) is 6.92. The minimum atomic E-state index is -0.0950. The average molecular weight is 272 g/mol. The summed E-state index contributed by atoms with van der Waals surface area (Å²) in [5.74, 6) is 0.264. The van der Waals surface area contributed by atoms with Gasteiger partial charge in [-0.1, -0.05) is 13.0 Å². The number of halogens is 1. The van der Waals surface area contributed by atoms with E-state index in [1.54, 1.807) is 23.1 Å². The van der Waals surface area contributed by atoms with Gasteiger partial charge in [-0.25, -0.2) is 0 Å². The summed E-state index contributed by atoms with van der Waals surface area (Å²) in [6.07, 6.45) is 2.63. The van der Waals surface area contributed by atoms with Crippen LogP contribution in [0.3, 0.4) is 0 Å². The Morgan fingerprint density at radius 3 is 2.87 bits per heavy atom. The Morgan fingerprint density at radius 2 is 2.40 bits per heavy atom. The Hall–Kier alpha value is -1.03. The largest absolute Gasteiger partial charge is 0.444 e. The highest BCUT2D eigenvalue weighted by molar-refractivity contribution is 9.10. The molecule has 0 aliphatic carbocycles. The number of amides is 1. The first-order valence-corrected chi connectivity index (χ1v) is 5.63. The van der Waals surface area contributed by atoms with Crippen molar-refractivity contribution in [1.82, 2.24) is 4.90 Å². The highest BCUT2D eigenvalue weighted by Gasteiger charge is 2.16. The van der Waals surface area contributed by atoms with Crippen molar-refractivity contribution in [3.63, 3.8) is 0 Å². The highest BCUT2D eigenvalue weighted by Crippen LogP contribution is 2.15. The minimum Gasteiger partial charge on any atom is -0.444 e. The average Bonchev–Trinajstić information content (AvgIpc) is 2.63. The van der Waals surface area contributed by atoms with Crippen LogP contribution in [0.25, 0.3) is 0 Å². The lowest BCUT2D eigenvalue weighted by atomic mass is 10.3. The molecule has 0 unspecified atom stereocenters. The number of carbonyl (C=O) groups is 1. The van der Waals surface area contributed by atoms with Gasteiger partial charge in [-0.05, 0) is 34.5 Å². The monoisotopic (exact) mass is 271 g/mol. The van der Waals surface area contributed by atoms with Crippen LogP contribution in [-0.4, -0.2) is 23.9 Å². The third-order valence-electron chi connectivity index (χ3n) is 1.91. The lowest BCUT2D eigenvalue weighted by Crippen LogP contribution is -2.31. The fourth-order valence-corrected chi connectivity index (χ4v) is 1.59. The van der Waals surface area contributed by atoms with E-state index in [0.29, 0.717) is 23.5 Å². The molecular weight excluding hydrogens is 258 g/mol. The zero-order chi connectivity index (χ0) is 11.3. The van der Waals surface area contributed by atoms with Crippen molar-refractivity contribution in [3.05, 3.63) is 35.2 Å². The molecule has 1 rings (SSSR count). The highest BCUT2D eigenvalue weighted by atomic mass is 79.9. The molecule has 82 valence electrons. The van der Waals surface area contributed by atoms with Crippen LogP contribution in [0.1, 0.15) is 23.9 Å². The molecule has 1 amide bonds. The molecule has 0 radical (unpaired) electrons. The smallest absolute Gasteiger partial charge is 0.289 e. The SMILES string of the molecule is C=CCN(CCC)C(=O)c1ccc(Br)o1. The number of carbonyl (C=O) groups excluding carboxylic acids is 1. The van der Waals surface area contributed by atoms with Crippen molar-refractivity contribution < 1.29 is 9.21 Å². The summed E-state index contributed by atoms with van der Waals surface area (Å²) in [6, 6.07) is 3.38. The maximum absolute atomic E-state index is 11.9. The molecule has 1 heterocycles. The minimum absolute atomic E-state index is 0.0950. The lowest BCUT2D eigenvalue weighted by Gasteiger charge is -2.18. The van der Waals surface area contributed by atoms with E-state index in [9.17, 15) is 4.79 Å². The molecule has 0 bridgehead atoms. The first-order valence-electron chi connectivity index (χ1n) is 4.84. The van der Waals surface area contributed by atoms with E-state index < -0.39 is 0 Å². The van der Waals surface area contributed by atoms with Crippen molar-refractivity contribution in [2.75, 3.05) is 13.1 Å². The molecule has 0 aliphatic rings. The molecule has 15 heavy (non-hydrogen) atoms. The molecule has 0 aromatic carbocycles. The normalized spacial score (nSPS) is 10.0. The topological polar surface area (TPSA) is 33.5 Å². The molecule has 3 nitrogen and oxygen atoms in total. The molecule has 1 aromatic rings. The van der Waals surface area contributed by atoms with Crippen LogP contribution >= 0.6 is 15.9 Å². The van der Waals surface area contributed by atoms with Crippen LogP contribution in [0.2, 0.25) is 0 Å². The van der Waals surface area contributed by atoms with Gasteiger partial charge in [0.2, 0.25) is 0 Å². The maximum atomic E-state index is 11.9. The van der Waals surface area contributed by atoms with E-state index in [-0.39, 0.29) is 5.91 Å². The number of rotatable bonds is 5. The first kappa shape index (κ1) is 12.0. The van der Waals surface area contributed by atoms with E-state index in [4.69, 9.17) is 4.42 Å². The second-order valence-corrected chi connectivity index (χ2v) is 3.93. The summed E-state index contributed by atoms with van der Waals surface area (Å²) in [4.78, 5) is 13.6. The second-order valence-electron chi connectivity index (χ2n) is 3.14. The maximum Gasteiger partial charge on any atom is 0.289 e. The molecule has 0 aliphatic heterocycles. The Morgan fingerprint density at radius 1 is 1.67 bits per heavy atom. The third-order valence-corrected chi connectivity index (χ3v) is 2.34. The van der Waals surface area contributed by atoms with Crippen LogP contribution in [0.4, 0.5) is 0 Å². The summed E-state index contributed by atoms with van der Waals surface area (Å²) < 4.78 is 5.78. The van der Waals surface area contributed by atoms with Gasteiger partial charge in [0.25, 0.3) is 5.91 Å². The van der Waals surface area contributed by atoms with E-state index in [1.165, 1.54) is 0 Å². The predicted octanol–water partition coefficient (Wildman–Crippen LogP) is 3.08. The van der Waals surface area contributed by atoms with Crippen LogP contribution in [0, 0.1) is 0 Å². The third kappa shape index (κ3) is 3.23. The molecule has 4 heteroatoms. The van der Waals surface area contributed by atoms with Gasteiger partial charge in [0.05, 0.1) is 0 Å². The number of furan rings is 1. The van der Waals surface area contributed by atoms with Gasteiger partial charge in [-0.2, -0.15) is 0 Å². The van der Waals surface area contributed by atoms with Crippen LogP contribution in [0.15, 0.2) is 33.9 Å². The zero-order valence-electron chi connectivity index (χ0n) is 8.70. The second kappa shape index (κ2) is 5.75. The number of hydrogen-bond donors (Lipinski definition) is 0. The summed E-state index contributed by atoms with van der Waals surface area (Å²) >= 11 is 3.17. The van der Waals surface area contributed by atoms with Gasteiger partial charge in [-0.3, -0.25) is 4.79 Å². The molecule has 0 spiro atoms. The summed E-state index contributed by atoms with van der Waals surface area (Å²) in [7, 11) is 0. The lowest BCUT2D eigenvalue weighted by molar-refractivity contribution is 0.0741. The van der Waals surface area contributed by atoms with Gasteiger partial charge in [0.15, 0.2) is 10.4 Å². The van der Waals surface area contributed by atoms with Gasteiger partial charge >= 0.3 is 0 Å². The van der Waals surface area contributed by atoms with Crippen molar-refractivity contribution in [1.29, 1.82) is 0 Å². The zero-order valence-corrected chi connectivity index (χ0v) is 10.3. The van der Waals surface area contributed by atoms with Crippen LogP contribution < -0.4 is 0 Å². The van der Waals surface area contributed by atoms with Crippen LogP contribution in [-0.2, 0) is 0 Å². The van der Waals surface area contributed by atoms with Gasteiger partial charge in [0, 0.05) is 13.1 Å². The standard InChI is InChI=1S/C11H14BrNO2/c1-3-7-13(8-4-2)11(14)9-5-6-10(12)15-9/h3,5-6H,1,4,7-8H2,2H3. The van der Waals surface area contributed by atoms with E-state index in [2.05, 4.69) is 22.5 Å². The Balaban J connectivity index is 2.75. The van der Waals surface area contributed by atoms with Gasteiger partial charge in [0.1, 0.15) is 0 Å². The summed E-state index contributed by atoms with van der Waals surface area (Å²) in [5.41, 5.74) is 0. The first-order chi connectivity index (χ1) is 7.19. The molecule has 0 atom stereocenters. The number of nitrogens with zero attached hydrogens (tertiary/aromatic N) is 1.